The Hall–Kier alpha value is -3.60. The zero-order valence-electron chi connectivity index (χ0n) is 22.1. The predicted octanol–water partition coefficient (Wildman–Crippen LogP) is 4.46. The van der Waals surface area contributed by atoms with Crippen molar-refractivity contribution in [3.05, 3.63) is 60.2 Å². The molecule has 0 saturated carbocycles. The van der Waals surface area contributed by atoms with Crippen molar-refractivity contribution in [1.29, 1.82) is 0 Å². The van der Waals surface area contributed by atoms with Gasteiger partial charge in [-0.15, -0.1) is 0 Å². The number of benzene rings is 2. The molecule has 2 aliphatic heterocycles. The summed E-state index contributed by atoms with van der Waals surface area (Å²) in [6.07, 6.45) is 7.10. The maximum absolute atomic E-state index is 14.0. The van der Waals surface area contributed by atoms with Gasteiger partial charge < -0.3 is 24.8 Å². The third-order valence-electron chi connectivity index (χ3n) is 6.81. The van der Waals surface area contributed by atoms with Crippen molar-refractivity contribution in [2.45, 2.75) is 32.3 Å². The van der Waals surface area contributed by atoms with Gasteiger partial charge in [-0.2, -0.15) is 0 Å². The van der Waals surface area contributed by atoms with Crippen LogP contribution in [-0.4, -0.2) is 72.9 Å². The lowest BCUT2D eigenvalue weighted by molar-refractivity contribution is -0.111. The summed E-state index contributed by atoms with van der Waals surface area (Å²) in [4.78, 5) is 24.0. The lowest BCUT2D eigenvalue weighted by atomic mass is 10.1. The number of carbonyl (C=O) groups excluding carboxylic acids is 1. The molecule has 2 N–H and O–H groups in total. The fourth-order valence-corrected chi connectivity index (χ4v) is 4.69. The van der Waals surface area contributed by atoms with E-state index in [0.717, 1.165) is 32.5 Å². The molecule has 3 heterocycles. The van der Waals surface area contributed by atoms with Crippen LogP contribution in [0, 0.1) is 5.82 Å². The van der Waals surface area contributed by atoms with Gasteiger partial charge in [0, 0.05) is 55.9 Å². The molecule has 1 aromatic heterocycles. The monoisotopic (exact) mass is 535 g/mol. The number of halogens is 1. The molecular formula is C29H34FN5O4. The van der Waals surface area contributed by atoms with Crippen molar-refractivity contribution >= 4 is 34.0 Å². The van der Waals surface area contributed by atoms with Gasteiger partial charge >= 0.3 is 0 Å². The highest BCUT2D eigenvalue weighted by atomic mass is 19.1. The van der Waals surface area contributed by atoms with Crippen molar-refractivity contribution in [3.63, 3.8) is 0 Å². The highest BCUT2D eigenvalue weighted by Crippen LogP contribution is 2.35. The highest BCUT2D eigenvalue weighted by Gasteiger charge is 2.21. The van der Waals surface area contributed by atoms with Crippen LogP contribution in [-0.2, 0) is 20.7 Å². The van der Waals surface area contributed by atoms with Gasteiger partial charge in [0.15, 0.2) is 0 Å². The number of hydrogen-bond donors (Lipinski definition) is 2. The Morgan fingerprint density at radius 3 is 2.95 bits per heavy atom. The molecule has 1 atom stereocenters. The van der Waals surface area contributed by atoms with Crippen LogP contribution in [0.4, 0.5) is 21.6 Å². The maximum Gasteiger partial charge on any atom is 0.248 e. The van der Waals surface area contributed by atoms with E-state index in [1.807, 2.05) is 19.1 Å². The number of nitrogens with one attached hydrogen (secondary N) is 2. The van der Waals surface area contributed by atoms with Gasteiger partial charge in [-0.3, -0.25) is 9.69 Å². The van der Waals surface area contributed by atoms with E-state index >= 15 is 0 Å². The van der Waals surface area contributed by atoms with Gasteiger partial charge in [0.2, 0.25) is 5.91 Å². The first kappa shape index (κ1) is 27.0. The summed E-state index contributed by atoms with van der Waals surface area (Å²) in [5, 5.41) is 6.95. The number of ether oxygens (including phenoxy) is 3. The van der Waals surface area contributed by atoms with Gasteiger partial charge in [0.05, 0.1) is 31.0 Å². The first-order valence-corrected chi connectivity index (χ1v) is 13.5. The molecule has 5 rings (SSSR count). The van der Waals surface area contributed by atoms with Crippen LogP contribution in [0.15, 0.2) is 48.8 Å². The lowest BCUT2D eigenvalue weighted by Crippen LogP contribution is -2.26. The van der Waals surface area contributed by atoms with E-state index in [2.05, 4.69) is 25.5 Å². The second-order valence-corrected chi connectivity index (χ2v) is 9.63. The van der Waals surface area contributed by atoms with E-state index < -0.39 is 0 Å². The van der Waals surface area contributed by atoms with Crippen molar-refractivity contribution in [2.24, 2.45) is 0 Å². The highest BCUT2D eigenvalue weighted by molar-refractivity contribution is 6.03. The minimum absolute atomic E-state index is 0.106. The standard InChI is InChI=1S/C29H34FN5O4/c1-2-20-15-21(6-7-24(20)30)33-29-23-16-26(34-28(36)5-3-9-35-10-4-12-37-14-11-35)27(17-25(23)31-19-32-29)39-22-8-13-38-18-22/h3,5-7,15-17,19,22H,2,4,8-14,18H2,1H3,(H,34,36)(H,31,32,33)/b5-3+/t22-/m0/s1. The Labute approximate surface area is 227 Å². The minimum atomic E-state index is -0.259. The number of fused-ring (bicyclic) bond motifs is 1. The molecule has 39 heavy (non-hydrogen) atoms. The van der Waals surface area contributed by atoms with E-state index in [4.69, 9.17) is 14.2 Å². The molecule has 10 heteroatoms. The number of rotatable bonds is 9. The molecule has 2 aliphatic rings. The van der Waals surface area contributed by atoms with Crippen molar-refractivity contribution < 1.29 is 23.4 Å². The molecule has 2 saturated heterocycles. The third-order valence-corrected chi connectivity index (χ3v) is 6.81. The van der Waals surface area contributed by atoms with Crippen LogP contribution in [0.3, 0.4) is 0 Å². The summed E-state index contributed by atoms with van der Waals surface area (Å²) in [7, 11) is 0. The summed E-state index contributed by atoms with van der Waals surface area (Å²) in [5.41, 5.74) is 2.49. The van der Waals surface area contributed by atoms with Crippen LogP contribution in [0.1, 0.15) is 25.3 Å². The molecule has 3 aromatic rings. The quantitative estimate of drug-likeness (QED) is 0.388. The fourth-order valence-electron chi connectivity index (χ4n) is 4.69. The molecule has 2 aromatic carbocycles. The van der Waals surface area contributed by atoms with E-state index in [9.17, 15) is 9.18 Å². The predicted molar refractivity (Wildman–Crippen MR) is 148 cm³/mol. The van der Waals surface area contributed by atoms with Crippen LogP contribution < -0.4 is 15.4 Å². The molecule has 0 unspecified atom stereocenters. The number of nitrogens with zero attached hydrogens (tertiary/aromatic N) is 3. The minimum Gasteiger partial charge on any atom is -0.486 e. The summed E-state index contributed by atoms with van der Waals surface area (Å²) < 4.78 is 31.2. The molecular weight excluding hydrogens is 501 g/mol. The molecule has 0 aliphatic carbocycles. The van der Waals surface area contributed by atoms with Gasteiger partial charge in [-0.25, -0.2) is 14.4 Å². The van der Waals surface area contributed by atoms with Gasteiger partial charge in [0.1, 0.15) is 29.8 Å². The number of amides is 1. The molecule has 0 radical (unpaired) electrons. The maximum atomic E-state index is 14.0. The van der Waals surface area contributed by atoms with Crippen molar-refractivity contribution in [1.82, 2.24) is 14.9 Å². The van der Waals surface area contributed by atoms with Crippen LogP contribution >= 0.6 is 0 Å². The molecule has 206 valence electrons. The number of aromatic nitrogens is 2. The topological polar surface area (TPSA) is 97.8 Å². The van der Waals surface area contributed by atoms with E-state index in [1.54, 1.807) is 24.3 Å². The number of aryl methyl sites for hydroxylation is 1. The van der Waals surface area contributed by atoms with E-state index in [1.165, 1.54) is 12.4 Å². The third kappa shape index (κ3) is 7.08. The second kappa shape index (κ2) is 13.0. The first-order chi connectivity index (χ1) is 19.1. The molecule has 9 nitrogen and oxygen atoms in total. The SMILES string of the molecule is CCc1cc(Nc2ncnc3cc(O[C@H]4CCOC4)c(NC(=O)/C=C/CN4CCCOCC4)cc23)ccc1F. The van der Waals surface area contributed by atoms with Crippen LogP contribution in [0.5, 0.6) is 5.75 Å². The Kier molecular flexibility index (Phi) is 8.97. The van der Waals surface area contributed by atoms with Crippen molar-refractivity contribution in [3.8, 4) is 5.75 Å². The average Bonchev–Trinajstić information content (AvgIpc) is 3.31. The number of hydrogen-bond acceptors (Lipinski definition) is 8. The number of anilines is 3. The Bertz CT molecular complexity index is 1320. The zero-order chi connectivity index (χ0) is 27.0. The normalized spacial score (nSPS) is 18.4. The van der Waals surface area contributed by atoms with Gasteiger partial charge in [-0.05, 0) is 42.7 Å². The zero-order valence-corrected chi connectivity index (χ0v) is 22.1. The lowest BCUT2D eigenvalue weighted by Gasteiger charge is -2.18. The molecule has 0 spiro atoms. The molecule has 0 bridgehead atoms. The van der Waals surface area contributed by atoms with Crippen LogP contribution in [0.25, 0.3) is 10.9 Å². The van der Waals surface area contributed by atoms with Crippen molar-refractivity contribution in [2.75, 3.05) is 56.7 Å². The largest absolute Gasteiger partial charge is 0.486 e. The average molecular weight is 536 g/mol. The first-order valence-electron chi connectivity index (χ1n) is 13.5. The fraction of sp³-hybridized carbons (Fsp3) is 0.414. The van der Waals surface area contributed by atoms with Crippen LogP contribution in [0.2, 0.25) is 0 Å². The van der Waals surface area contributed by atoms with Gasteiger partial charge in [0.25, 0.3) is 0 Å². The summed E-state index contributed by atoms with van der Waals surface area (Å²) in [6, 6.07) is 8.50. The molecule has 1 amide bonds. The smallest absolute Gasteiger partial charge is 0.248 e. The van der Waals surface area contributed by atoms with E-state index in [0.29, 0.717) is 72.2 Å². The van der Waals surface area contributed by atoms with Gasteiger partial charge in [-0.1, -0.05) is 13.0 Å². The Balaban J connectivity index is 1.40. The molecule has 2 fully saturated rings. The summed E-state index contributed by atoms with van der Waals surface area (Å²) in [5.74, 6) is 0.559. The Morgan fingerprint density at radius 2 is 2.10 bits per heavy atom. The Morgan fingerprint density at radius 1 is 1.18 bits per heavy atom. The van der Waals surface area contributed by atoms with E-state index in [-0.39, 0.29) is 17.8 Å². The second-order valence-electron chi connectivity index (χ2n) is 9.63. The number of carbonyl (C=O) groups is 1. The summed E-state index contributed by atoms with van der Waals surface area (Å²) >= 11 is 0. The summed E-state index contributed by atoms with van der Waals surface area (Å²) in [6.45, 7) is 6.99.